The average Bonchev–Trinajstić information content (AvgIpc) is 2.95. The molecule has 1 aliphatic heterocycles. The highest BCUT2D eigenvalue weighted by molar-refractivity contribution is 6.33. The molecule has 2 amide bonds. The summed E-state index contributed by atoms with van der Waals surface area (Å²) in [5.74, 6) is -1.98. The molecule has 1 saturated heterocycles. The Balaban J connectivity index is 0.000000587. The third-order valence-electron chi connectivity index (χ3n) is 6.84. The van der Waals surface area contributed by atoms with Crippen LogP contribution in [0.4, 0.5) is 23.7 Å². The molecule has 0 aromatic heterocycles. The van der Waals surface area contributed by atoms with Crippen molar-refractivity contribution < 1.29 is 27.9 Å². The number of alkyl halides is 3. The number of aliphatic carboxylic acids is 1. The topological polar surface area (TPSA) is 72.9 Å². The number of piperidine rings is 1. The number of anilines is 1. The first-order chi connectivity index (χ1) is 19.6. The normalized spacial score (nSPS) is 14.0. The smallest absolute Gasteiger partial charge is 0.475 e. The van der Waals surface area contributed by atoms with Gasteiger partial charge in [-0.25, -0.2) is 9.59 Å². The van der Waals surface area contributed by atoms with Crippen LogP contribution in [0.25, 0.3) is 0 Å². The molecule has 2 N–H and O–H groups in total. The van der Waals surface area contributed by atoms with Crippen molar-refractivity contribution in [1.29, 1.82) is 0 Å². The molecule has 41 heavy (non-hydrogen) atoms. The number of urea groups is 1. The van der Waals surface area contributed by atoms with Crippen molar-refractivity contribution in [1.82, 2.24) is 9.80 Å². The molecule has 0 unspecified atom stereocenters. The Hall–Kier alpha value is -3.56. The number of carbonyl (C=O) groups excluding carboxylic acids is 1. The van der Waals surface area contributed by atoms with Crippen molar-refractivity contribution >= 4 is 29.3 Å². The molecule has 220 valence electrons. The quantitative estimate of drug-likeness (QED) is 0.274. The van der Waals surface area contributed by atoms with Crippen LogP contribution >= 0.6 is 11.6 Å². The van der Waals surface area contributed by atoms with E-state index < -0.39 is 12.1 Å². The van der Waals surface area contributed by atoms with E-state index in [-0.39, 0.29) is 6.03 Å². The molecule has 3 aromatic carbocycles. The highest BCUT2D eigenvalue weighted by Gasteiger charge is 2.38. The van der Waals surface area contributed by atoms with Crippen LogP contribution in [0.5, 0.6) is 0 Å². The highest BCUT2D eigenvalue weighted by Crippen LogP contribution is 2.23. The van der Waals surface area contributed by atoms with Crippen LogP contribution in [-0.2, 0) is 17.8 Å². The zero-order chi connectivity index (χ0) is 29.7. The van der Waals surface area contributed by atoms with Gasteiger partial charge in [-0.1, -0.05) is 84.4 Å². The van der Waals surface area contributed by atoms with Gasteiger partial charge in [0.25, 0.3) is 0 Å². The molecule has 1 aliphatic rings. The van der Waals surface area contributed by atoms with Crippen LogP contribution < -0.4 is 5.32 Å². The van der Waals surface area contributed by atoms with Gasteiger partial charge >= 0.3 is 18.2 Å². The van der Waals surface area contributed by atoms with E-state index in [1.807, 2.05) is 41.3 Å². The number of carbonyl (C=O) groups is 2. The van der Waals surface area contributed by atoms with Crippen LogP contribution in [-0.4, -0.2) is 59.3 Å². The van der Waals surface area contributed by atoms with Crippen LogP contribution in [0.3, 0.4) is 0 Å². The number of carboxylic acid groups (broad SMARTS) is 1. The minimum absolute atomic E-state index is 0.112. The first-order valence-electron chi connectivity index (χ1n) is 13.5. The second-order valence-electron chi connectivity index (χ2n) is 9.95. The molecule has 0 saturated carbocycles. The summed E-state index contributed by atoms with van der Waals surface area (Å²) in [6.07, 6.45) is -0.459. The number of likely N-dealkylation sites (tertiary alicyclic amines) is 1. The lowest BCUT2D eigenvalue weighted by molar-refractivity contribution is -0.192. The molecule has 1 heterocycles. The van der Waals surface area contributed by atoms with E-state index in [1.165, 1.54) is 24.8 Å². The molecule has 1 fully saturated rings. The maximum Gasteiger partial charge on any atom is 0.490 e. The Labute approximate surface area is 243 Å². The van der Waals surface area contributed by atoms with E-state index in [4.69, 9.17) is 21.5 Å². The second-order valence-corrected chi connectivity index (χ2v) is 10.4. The number of nitrogens with one attached hydrogen (secondary N) is 1. The Kier molecular flexibility index (Phi) is 12.5. The molecule has 0 aliphatic carbocycles. The maximum absolute atomic E-state index is 13.1. The summed E-state index contributed by atoms with van der Waals surface area (Å²) < 4.78 is 31.7. The van der Waals surface area contributed by atoms with Crippen molar-refractivity contribution in [3.63, 3.8) is 0 Å². The predicted octanol–water partition coefficient (Wildman–Crippen LogP) is 7.35. The van der Waals surface area contributed by atoms with Gasteiger partial charge in [0.05, 0.1) is 10.7 Å². The Bertz CT molecular complexity index is 1220. The highest BCUT2D eigenvalue weighted by atomic mass is 35.5. The number of benzene rings is 3. The van der Waals surface area contributed by atoms with Gasteiger partial charge < -0.3 is 20.2 Å². The van der Waals surface area contributed by atoms with Gasteiger partial charge in [-0.15, -0.1) is 0 Å². The average molecular weight is 590 g/mol. The minimum atomic E-state index is -5.08. The summed E-state index contributed by atoms with van der Waals surface area (Å²) in [5, 5.41) is 10.7. The standard InChI is InChI=1S/C29H34ClN3O.C2HF3O2/c30-27-14-7-8-15-28(27)31-29(34)33(23-26-12-5-2-6-13-26)19-9-18-32-20-16-25(17-21-32)22-24-10-3-1-4-11-24;3-2(4,5)1(6)7/h1-8,10-15,25H,9,16-23H2,(H,31,34);(H,6,7). The minimum Gasteiger partial charge on any atom is -0.475 e. The molecule has 0 spiro atoms. The lowest BCUT2D eigenvalue weighted by Gasteiger charge is -2.32. The number of hydrogen-bond donors (Lipinski definition) is 2. The SMILES string of the molecule is O=C(Nc1ccccc1Cl)N(CCCN1CCC(Cc2ccccc2)CC1)Cc1ccccc1.O=C(O)C(F)(F)F. The molecule has 10 heteroatoms. The fraction of sp³-hybridized carbons (Fsp3) is 0.355. The fourth-order valence-electron chi connectivity index (χ4n) is 4.66. The van der Waals surface area contributed by atoms with Gasteiger partial charge in [0, 0.05) is 13.1 Å². The molecular weight excluding hydrogens is 555 g/mol. The van der Waals surface area contributed by atoms with Crippen LogP contribution in [0.15, 0.2) is 84.9 Å². The number of nitrogens with zero attached hydrogens (tertiary/aromatic N) is 2. The number of halogens is 4. The third kappa shape index (κ3) is 11.4. The zero-order valence-corrected chi connectivity index (χ0v) is 23.5. The summed E-state index contributed by atoms with van der Waals surface area (Å²) >= 11 is 6.26. The number of hydrogen-bond acceptors (Lipinski definition) is 3. The molecule has 6 nitrogen and oxygen atoms in total. The first-order valence-corrected chi connectivity index (χ1v) is 13.9. The predicted molar refractivity (Wildman–Crippen MR) is 155 cm³/mol. The molecule has 3 aromatic rings. The van der Waals surface area contributed by atoms with E-state index in [2.05, 4.69) is 52.7 Å². The van der Waals surface area contributed by atoms with Gasteiger partial charge in [-0.3, -0.25) is 0 Å². The van der Waals surface area contributed by atoms with Crippen molar-refractivity contribution in [3.8, 4) is 0 Å². The fourth-order valence-corrected chi connectivity index (χ4v) is 4.84. The molecular formula is C31H35ClF3N3O3. The first kappa shape index (κ1) is 32.0. The number of carboxylic acids is 1. The Morgan fingerprint density at radius 3 is 2.00 bits per heavy atom. The van der Waals surface area contributed by atoms with Crippen LogP contribution in [0, 0.1) is 5.92 Å². The second kappa shape index (κ2) is 16.0. The van der Waals surface area contributed by atoms with Gasteiger partial charge in [-0.05, 0) is 74.5 Å². The summed E-state index contributed by atoms with van der Waals surface area (Å²) in [5.41, 5.74) is 3.22. The van der Waals surface area contributed by atoms with E-state index in [0.29, 0.717) is 23.8 Å². The van der Waals surface area contributed by atoms with E-state index >= 15 is 0 Å². The van der Waals surface area contributed by atoms with Gasteiger partial charge in [0.15, 0.2) is 0 Å². The van der Waals surface area contributed by atoms with E-state index in [9.17, 15) is 18.0 Å². The maximum atomic E-state index is 13.1. The molecule has 4 rings (SSSR count). The number of para-hydroxylation sites is 1. The van der Waals surface area contributed by atoms with Crippen molar-refractivity contribution in [2.24, 2.45) is 5.92 Å². The summed E-state index contributed by atoms with van der Waals surface area (Å²) in [6.45, 7) is 4.58. The van der Waals surface area contributed by atoms with Gasteiger partial charge in [0.2, 0.25) is 0 Å². The molecule has 0 bridgehead atoms. The van der Waals surface area contributed by atoms with Crippen LogP contribution in [0.2, 0.25) is 5.02 Å². The van der Waals surface area contributed by atoms with E-state index in [0.717, 1.165) is 37.5 Å². The molecule has 0 atom stereocenters. The third-order valence-corrected chi connectivity index (χ3v) is 7.17. The summed E-state index contributed by atoms with van der Waals surface area (Å²) in [7, 11) is 0. The number of amides is 2. The van der Waals surface area contributed by atoms with Crippen LogP contribution in [0.1, 0.15) is 30.4 Å². The Morgan fingerprint density at radius 2 is 1.44 bits per heavy atom. The lowest BCUT2D eigenvalue weighted by Crippen LogP contribution is -2.39. The Morgan fingerprint density at radius 1 is 0.902 bits per heavy atom. The number of rotatable bonds is 9. The largest absolute Gasteiger partial charge is 0.490 e. The summed E-state index contributed by atoms with van der Waals surface area (Å²) in [4.78, 5) is 26.4. The van der Waals surface area contributed by atoms with Gasteiger partial charge in [-0.2, -0.15) is 13.2 Å². The summed E-state index contributed by atoms with van der Waals surface area (Å²) in [6, 6.07) is 28.2. The van der Waals surface area contributed by atoms with Crippen molar-refractivity contribution in [3.05, 3.63) is 101 Å². The van der Waals surface area contributed by atoms with E-state index in [1.54, 1.807) is 6.07 Å². The lowest BCUT2D eigenvalue weighted by atomic mass is 9.90. The zero-order valence-electron chi connectivity index (χ0n) is 22.7. The molecule has 0 radical (unpaired) electrons. The van der Waals surface area contributed by atoms with Gasteiger partial charge in [0.1, 0.15) is 0 Å². The van der Waals surface area contributed by atoms with Crippen molar-refractivity contribution in [2.45, 2.75) is 38.4 Å². The monoisotopic (exact) mass is 589 g/mol. The van der Waals surface area contributed by atoms with Crippen molar-refractivity contribution in [2.75, 3.05) is 31.5 Å².